The Morgan fingerprint density at radius 3 is 2.69 bits per heavy atom. The van der Waals surface area contributed by atoms with Crippen molar-refractivity contribution in [2.75, 3.05) is 30.4 Å². The lowest BCUT2D eigenvalue weighted by Crippen LogP contribution is -2.21. The number of hydrogen-bond acceptors (Lipinski definition) is 4. The Morgan fingerprint density at radius 2 is 2.12 bits per heavy atom. The smallest absolute Gasteiger partial charge is 0.252 e. The Balaban J connectivity index is 2.32. The number of nitrogens with one attached hydrogen (secondary N) is 1. The Labute approximate surface area is 94.6 Å². The molecule has 2 heterocycles. The lowest BCUT2D eigenvalue weighted by Gasteiger charge is -2.17. The van der Waals surface area contributed by atoms with Crippen molar-refractivity contribution in [2.24, 2.45) is 5.73 Å². The number of nitrogens with two attached hydrogens (primary N) is 1. The van der Waals surface area contributed by atoms with E-state index in [0.717, 1.165) is 18.9 Å². The first-order valence-corrected chi connectivity index (χ1v) is 5.46. The summed E-state index contributed by atoms with van der Waals surface area (Å²) in [5.41, 5.74) is 5.70. The van der Waals surface area contributed by atoms with Gasteiger partial charge in [-0.2, -0.15) is 0 Å². The second kappa shape index (κ2) is 4.38. The largest absolute Gasteiger partial charge is 0.372 e. The van der Waals surface area contributed by atoms with Gasteiger partial charge in [-0.25, -0.2) is 4.98 Å². The summed E-state index contributed by atoms with van der Waals surface area (Å²) in [7, 11) is 1.74. The highest BCUT2D eigenvalue weighted by Gasteiger charge is 2.16. The molecule has 1 aliphatic rings. The minimum atomic E-state index is -0.454. The van der Waals surface area contributed by atoms with Crippen LogP contribution in [0.15, 0.2) is 12.1 Å². The predicted octanol–water partition coefficient (Wildman–Crippen LogP) is 0.822. The van der Waals surface area contributed by atoms with Crippen LogP contribution in [-0.2, 0) is 0 Å². The zero-order chi connectivity index (χ0) is 11.5. The van der Waals surface area contributed by atoms with Crippen LogP contribution in [0.1, 0.15) is 23.2 Å². The van der Waals surface area contributed by atoms with Gasteiger partial charge in [-0.15, -0.1) is 0 Å². The number of hydrogen-bond donors (Lipinski definition) is 2. The molecule has 1 amide bonds. The van der Waals surface area contributed by atoms with E-state index in [1.165, 1.54) is 12.8 Å². The van der Waals surface area contributed by atoms with Crippen LogP contribution in [0.3, 0.4) is 0 Å². The monoisotopic (exact) mass is 220 g/mol. The number of carbonyl (C=O) groups is 1. The zero-order valence-corrected chi connectivity index (χ0v) is 9.36. The van der Waals surface area contributed by atoms with E-state index in [1.807, 2.05) is 6.07 Å². The van der Waals surface area contributed by atoms with Crippen molar-refractivity contribution in [2.45, 2.75) is 12.8 Å². The highest BCUT2D eigenvalue weighted by Crippen LogP contribution is 2.21. The number of nitrogens with zero attached hydrogens (tertiary/aromatic N) is 2. The lowest BCUT2D eigenvalue weighted by atomic mass is 10.2. The fraction of sp³-hybridized carbons (Fsp3) is 0.455. The van der Waals surface area contributed by atoms with E-state index in [9.17, 15) is 4.79 Å². The van der Waals surface area contributed by atoms with Crippen molar-refractivity contribution in [3.05, 3.63) is 17.7 Å². The summed E-state index contributed by atoms with van der Waals surface area (Å²) in [6.07, 6.45) is 2.41. The first kappa shape index (κ1) is 10.7. The highest BCUT2D eigenvalue weighted by atomic mass is 16.1. The third-order valence-electron chi connectivity index (χ3n) is 2.81. The van der Waals surface area contributed by atoms with Gasteiger partial charge in [-0.05, 0) is 25.0 Å². The van der Waals surface area contributed by atoms with Crippen molar-refractivity contribution in [3.8, 4) is 0 Å². The molecule has 86 valence electrons. The van der Waals surface area contributed by atoms with E-state index in [-0.39, 0.29) is 0 Å². The van der Waals surface area contributed by atoms with E-state index < -0.39 is 5.91 Å². The van der Waals surface area contributed by atoms with E-state index in [0.29, 0.717) is 11.4 Å². The Hall–Kier alpha value is -1.78. The van der Waals surface area contributed by atoms with Crippen LogP contribution in [0, 0.1) is 0 Å². The Bertz CT molecular complexity index is 399. The number of aromatic nitrogens is 1. The fourth-order valence-corrected chi connectivity index (χ4v) is 1.96. The third kappa shape index (κ3) is 1.93. The van der Waals surface area contributed by atoms with Gasteiger partial charge in [0.1, 0.15) is 11.6 Å². The standard InChI is InChI=1S/C11H16N4O/c1-13-11-8(10(12)16)4-5-9(14-11)15-6-2-3-7-15/h4-5H,2-3,6-7H2,1H3,(H2,12,16)(H,13,14). The van der Waals surface area contributed by atoms with E-state index in [2.05, 4.69) is 15.2 Å². The van der Waals surface area contributed by atoms with Crippen molar-refractivity contribution in [3.63, 3.8) is 0 Å². The summed E-state index contributed by atoms with van der Waals surface area (Å²) in [6, 6.07) is 3.58. The van der Waals surface area contributed by atoms with Crippen molar-refractivity contribution in [1.29, 1.82) is 0 Å². The van der Waals surface area contributed by atoms with Crippen molar-refractivity contribution >= 4 is 17.5 Å². The molecule has 5 heteroatoms. The second-order valence-electron chi connectivity index (χ2n) is 3.87. The molecule has 1 aliphatic heterocycles. The van der Waals surface area contributed by atoms with Crippen LogP contribution in [-0.4, -0.2) is 31.0 Å². The zero-order valence-electron chi connectivity index (χ0n) is 9.36. The quantitative estimate of drug-likeness (QED) is 0.791. The van der Waals surface area contributed by atoms with Gasteiger partial charge in [0.25, 0.3) is 5.91 Å². The van der Waals surface area contributed by atoms with E-state index in [4.69, 9.17) is 5.73 Å². The maximum Gasteiger partial charge on any atom is 0.252 e. The van der Waals surface area contributed by atoms with Gasteiger partial charge in [-0.1, -0.05) is 0 Å². The molecule has 5 nitrogen and oxygen atoms in total. The highest BCUT2D eigenvalue weighted by molar-refractivity contribution is 5.97. The second-order valence-corrected chi connectivity index (χ2v) is 3.87. The molecular weight excluding hydrogens is 204 g/mol. The summed E-state index contributed by atoms with van der Waals surface area (Å²) < 4.78 is 0. The maximum atomic E-state index is 11.1. The summed E-state index contributed by atoms with van der Waals surface area (Å²) in [4.78, 5) is 17.8. The molecule has 1 saturated heterocycles. The average Bonchev–Trinajstić information content (AvgIpc) is 2.81. The van der Waals surface area contributed by atoms with Crippen LogP contribution >= 0.6 is 0 Å². The molecule has 2 rings (SSSR count). The number of anilines is 2. The molecule has 0 unspecified atom stereocenters. The molecule has 3 N–H and O–H groups in total. The van der Waals surface area contributed by atoms with Crippen molar-refractivity contribution in [1.82, 2.24) is 4.98 Å². The van der Waals surface area contributed by atoms with Gasteiger partial charge < -0.3 is 16.0 Å². The third-order valence-corrected chi connectivity index (χ3v) is 2.81. The number of pyridine rings is 1. The van der Waals surface area contributed by atoms with Crippen LogP contribution < -0.4 is 16.0 Å². The van der Waals surface area contributed by atoms with Crippen LogP contribution in [0.2, 0.25) is 0 Å². The van der Waals surface area contributed by atoms with Gasteiger partial charge in [0.15, 0.2) is 0 Å². The topological polar surface area (TPSA) is 71.2 Å². The van der Waals surface area contributed by atoms with E-state index >= 15 is 0 Å². The van der Waals surface area contributed by atoms with Crippen LogP contribution in [0.4, 0.5) is 11.6 Å². The summed E-state index contributed by atoms with van der Waals surface area (Å²) >= 11 is 0. The van der Waals surface area contributed by atoms with Gasteiger partial charge >= 0.3 is 0 Å². The van der Waals surface area contributed by atoms with Crippen LogP contribution in [0.5, 0.6) is 0 Å². The molecule has 0 atom stereocenters. The predicted molar refractivity (Wildman–Crippen MR) is 63.7 cm³/mol. The molecular formula is C11H16N4O. The molecule has 0 aliphatic carbocycles. The number of rotatable bonds is 3. The molecule has 0 spiro atoms. The minimum absolute atomic E-state index is 0.436. The molecule has 0 saturated carbocycles. The summed E-state index contributed by atoms with van der Waals surface area (Å²) in [6.45, 7) is 2.07. The van der Waals surface area contributed by atoms with Gasteiger partial charge in [0.2, 0.25) is 0 Å². The Morgan fingerprint density at radius 1 is 1.44 bits per heavy atom. The SMILES string of the molecule is CNc1nc(N2CCCC2)ccc1C(N)=O. The molecule has 0 bridgehead atoms. The first-order chi connectivity index (χ1) is 7.72. The summed E-state index contributed by atoms with van der Waals surface area (Å²) in [5.74, 6) is 1.01. The number of amides is 1. The normalized spacial score (nSPS) is 15.2. The number of primary amides is 1. The molecule has 0 aromatic carbocycles. The molecule has 16 heavy (non-hydrogen) atoms. The van der Waals surface area contributed by atoms with Crippen molar-refractivity contribution < 1.29 is 4.79 Å². The van der Waals surface area contributed by atoms with Gasteiger partial charge in [0, 0.05) is 20.1 Å². The molecule has 1 aromatic heterocycles. The minimum Gasteiger partial charge on any atom is -0.372 e. The summed E-state index contributed by atoms with van der Waals surface area (Å²) in [5, 5.41) is 2.90. The number of carbonyl (C=O) groups excluding carboxylic acids is 1. The fourth-order valence-electron chi connectivity index (χ4n) is 1.96. The molecule has 0 radical (unpaired) electrons. The maximum absolute atomic E-state index is 11.1. The molecule has 1 fully saturated rings. The van der Waals surface area contributed by atoms with Gasteiger partial charge in [-0.3, -0.25) is 4.79 Å². The first-order valence-electron chi connectivity index (χ1n) is 5.46. The van der Waals surface area contributed by atoms with Gasteiger partial charge in [0.05, 0.1) is 5.56 Å². The average molecular weight is 220 g/mol. The Kier molecular flexibility index (Phi) is 2.94. The lowest BCUT2D eigenvalue weighted by molar-refractivity contribution is 0.100. The van der Waals surface area contributed by atoms with Crippen LogP contribution in [0.25, 0.3) is 0 Å². The molecule has 1 aromatic rings. The van der Waals surface area contributed by atoms with E-state index in [1.54, 1.807) is 13.1 Å².